The van der Waals surface area contributed by atoms with Crippen LogP contribution in [0.1, 0.15) is 44.5 Å². The van der Waals surface area contributed by atoms with Crippen LogP contribution in [0.25, 0.3) is 66.4 Å². The number of fused-ring (bicyclic) bond motifs is 19. The predicted octanol–water partition coefficient (Wildman–Crippen LogP) is 17.4. The summed E-state index contributed by atoms with van der Waals surface area (Å²) >= 11 is 0. The number of hydrogen-bond acceptors (Lipinski definition) is 2. The van der Waals surface area contributed by atoms with Crippen LogP contribution in [0.5, 0.6) is 0 Å². The average Bonchev–Trinajstić information content (AvgIpc) is 4.07. The molecule has 3 aliphatic carbocycles. The van der Waals surface area contributed by atoms with Crippen molar-refractivity contribution in [2.45, 2.75) is 10.8 Å². The number of para-hydroxylation sites is 2. The zero-order valence-electron chi connectivity index (χ0n) is 38.2. The molecule has 326 valence electrons. The lowest BCUT2D eigenvalue weighted by Gasteiger charge is -2.48. The standard InChI is InChI=1S/C68H43NO/c1-2-18-44(19-3-1)45-36-40-47(41-37-45)69(48-42-38-46(39-43-48)49-24-16-25-53-52-22-7-15-35-64(52)70-66(49)53)63-34-17-33-62-65(63)54-23-6-10-28-57(54)68(62)60-31-13-11-29-58(60)67(59-30-12-14-32-61(59)68)55-26-8-4-20-50(55)51-21-5-9-27-56(51)67/h1-43H. The molecule has 70 heavy (non-hydrogen) atoms. The highest BCUT2D eigenvalue weighted by Gasteiger charge is 2.59. The average molecular weight is 890 g/mol. The third-order valence-electron chi connectivity index (χ3n) is 15.8. The Labute approximate surface area is 407 Å². The minimum Gasteiger partial charge on any atom is -0.455 e. The van der Waals surface area contributed by atoms with E-state index < -0.39 is 10.8 Å². The van der Waals surface area contributed by atoms with Crippen molar-refractivity contribution in [3.8, 4) is 44.5 Å². The van der Waals surface area contributed by atoms with Crippen molar-refractivity contribution < 1.29 is 4.42 Å². The van der Waals surface area contributed by atoms with Crippen LogP contribution in [-0.4, -0.2) is 0 Å². The second kappa shape index (κ2) is 14.8. The number of furan rings is 1. The fraction of sp³-hybridized carbons (Fsp3) is 0.0294. The lowest BCUT2D eigenvalue weighted by molar-refractivity contribution is 0.633. The zero-order chi connectivity index (χ0) is 46.0. The molecular formula is C68H43NO. The van der Waals surface area contributed by atoms with E-state index in [0.717, 1.165) is 50.1 Å². The van der Waals surface area contributed by atoms with Gasteiger partial charge in [-0.15, -0.1) is 0 Å². The van der Waals surface area contributed by atoms with Gasteiger partial charge in [-0.2, -0.15) is 0 Å². The largest absolute Gasteiger partial charge is 0.455 e. The molecule has 11 aromatic carbocycles. The minimum absolute atomic E-state index is 0.498. The molecular weight excluding hydrogens is 847 g/mol. The second-order valence-corrected chi connectivity index (χ2v) is 19.0. The fourth-order valence-corrected chi connectivity index (χ4v) is 13.1. The van der Waals surface area contributed by atoms with Crippen molar-refractivity contribution >= 4 is 39.0 Å². The second-order valence-electron chi connectivity index (χ2n) is 19.0. The highest BCUT2D eigenvalue weighted by molar-refractivity contribution is 6.09. The summed E-state index contributed by atoms with van der Waals surface area (Å²) in [6.45, 7) is 0. The van der Waals surface area contributed by atoms with Crippen molar-refractivity contribution in [3.05, 3.63) is 305 Å². The van der Waals surface area contributed by atoms with Crippen molar-refractivity contribution in [1.29, 1.82) is 0 Å². The highest BCUT2D eigenvalue weighted by Crippen LogP contribution is 2.68. The predicted molar refractivity (Wildman–Crippen MR) is 287 cm³/mol. The lowest BCUT2D eigenvalue weighted by Crippen LogP contribution is -2.43. The number of anilines is 3. The van der Waals surface area contributed by atoms with Crippen LogP contribution in [0.15, 0.2) is 265 Å². The molecule has 1 aromatic heterocycles. The molecule has 3 aliphatic rings. The first kappa shape index (κ1) is 39.1. The van der Waals surface area contributed by atoms with E-state index in [-0.39, 0.29) is 0 Å². The smallest absolute Gasteiger partial charge is 0.143 e. The van der Waals surface area contributed by atoms with E-state index in [4.69, 9.17) is 4.42 Å². The highest BCUT2D eigenvalue weighted by atomic mass is 16.3. The molecule has 2 spiro atoms. The van der Waals surface area contributed by atoms with E-state index in [1.807, 2.05) is 6.07 Å². The van der Waals surface area contributed by atoms with Crippen LogP contribution in [0, 0.1) is 0 Å². The van der Waals surface area contributed by atoms with Crippen molar-refractivity contribution in [1.82, 2.24) is 0 Å². The molecule has 0 bridgehead atoms. The Morgan fingerprint density at radius 1 is 0.271 bits per heavy atom. The van der Waals surface area contributed by atoms with Gasteiger partial charge in [-0.25, -0.2) is 0 Å². The number of rotatable bonds is 5. The molecule has 0 aliphatic heterocycles. The van der Waals surface area contributed by atoms with Crippen molar-refractivity contribution in [2.75, 3.05) is 4.90 Å². The minimum atomic E-state index is -0.606. The third kappa shape index (κ3) is 5.12. The molecule has 0 radical (unpaired) electrons. The molecule has 15 rings (SSSR count). The van der Waals surface area contributed by atoms with Gasteiger partial charge in [-0.05, 0) is 114 Å². The molecule has 12 aromatic rings. The summed E-state index contributed by atoms with van der Waals surface area (Å²) in [5.41, 5.74) is 24.3. The van der Waals surface area contributed by atoms with Crippen LogP contribution in [0.2, 0.25) is 0 Å². The number of nitrogens with zero attached hydrogens (tertiary/aromatic N) is 1. The summed E-state index contributed by atoms with van der Waals surface area (Å²) in [7, 11) is 0. The summed E-state index contributed by atoms with van der Waals surface area (Å²) in [4.78, 5) is 2.47. The monoisotopic (exact) mass is 889 g/mol. The molecule has 0 saturated heterocycles. The maximum absolute atomic E-state index is 6.55. The van der Waals surface area contributed by atoms with Gasteiger partial charge in [0.25, 0.3) is 0 Å². The van der Waals surface area contributed by atoms with E-state index >= 15 is 0 Å². The van der Waals surface area contributed by atoms with Gasteiger partial charge in [-0.3, -0.25) is 0 Å². The molecule has 0 amide bonds. The van der Waals surface area contributed by atoms with Crippen molar-refractivity contribution in [2.24, 2.45) is 0 Å². The van der Waals surface area contributed by atoms with Gasteiger partial charge in [0.15, 0.2) is 0 Å². The maximum atomic E-state index is 6.55. The number of benzene rings is 11. The molecule has 0 unspecified atom stereocenters. The Kier molecular flexibility index (Phi) is 8.24. The molecule has 0 atom stereocenters. The van der Waals surface area contributed by atoms with Gasteiger partial charge in [-0.1, -0.05) is 224 Å². The van der Waals surface area contributed by atoms with E-state index in [2.05, 4.69) is 260 Å². The first-order valence-electron chi connectivity index (χ1n) is 24.3. The van der Waals surface area contributed by atoms with Gasteiger partial charge >= 0.3 is 0 Å². The maximum Gasteiger partial charge on any atom is 0.143 e. The topological polar surface area (TPSA) is 16.4 Å². The molecule has 2 nitrogen and oxygen atoms in total. The SMILES string of the molecule is c1ccc(-c2ccc(N(c3ccc(-c4cccc5c4oc4ccccc45)cc3)c3cccc4c3-c3ccccc3C43c4ccccc4C4(c5ccccc5-c5ccccc54)c4ccccc43)cc2)cc1. The van der Waals surface area contributed by atoms with Gasteiger partial charge in [0, 0.05) is 33.3 Å². The van der Waals surface area contributed by atoms with Gasteiger partial charge < -0.3 is 9.32 Å². The van der Waals surface area contributed by atoms with Gasteiger partial charge in [0.05, 0.1) is 16.5 Å². The van der Waals surface area contributed by atoms with Gasteiger partial charge in [0.2, 0.25) is 0 Å². The Bertz CT molecular complexity index is 3970. The van der Waals surface area contributed by atoms with Crippen LogP contribution in [-0.2, 0) is 10.8 Å². The van der Waals surface area contributed by atoms with Crippen LogP contribution in [0.4, 0.5) is 17.1 Å². The Hall–Kier alpha value is -8.98. The van der Waals surface area contributed by atoms with Crippen LogP contribution >= 0.6 is 0 Å². The summed E-state index contributed by atoms with van der Waals surface area (Å²) in [6.07, 6.45) is 0. The Balaban J connectivity index is 0.974. The Morgan fingerprint density at radius 3 is 1.30 bits per heavy atom. The molecule has 0 saturated carbocycles. The summed E-state index contributed by atoms with van der Waals surface area (Å²) < 4.78 is 6.55. The summed E-state index contributed by atoms with van der Waals surface area (Å²) in [6, 6.07) is 96.8. The lowest BCUT2D eigenvalue weighted by atomic mass is 9.52. The third-order valence-corrected chi connectivity index (χ3v) is 15.8. The summed E-state index contributed by atoms with van der Waals surface area (Å²) in [5.74, 6) is 0. The number of hydrogen-bond donors (Lipinski definition) is 0. The molecule has 0 fully saturated rings. The van der Waals surface area contributed by atoms with E-state index in [1.54, 1.807) is 0 Å². The van der Waals surface area contributed by atoms with E-state index in [9.17, 15) is 0 Å². The van der Waals surface area contributed by atoms with Gasteiger partial charge in [0.1, 0.15) is 11.2 Å². The van der Waals surface area contributed by atoms with E-state index in [1.165, 1.54) is 77.9 Å². The molecule has 1 heterocycles. The zero-order valence-corrected chi connectivity index (χ0v) is 38.2. The van der Waals surface area contributed by atoms with Crippen molar-refractivity contribution in [3.63, 3.8) is 0 Å². The quantitative estimate of drug-likeness (QED) is 0.171. The Morgan fingerprint density at radius 2 is 0.686 bits per heavy atom. The van der Waals surface area contributed by atoms with E-state index in [0.29, 0.717) is 0 Å². The molecule has 2 heteroatoms. The first-order valence-corrected chi connectivity index (χ1v) is 24.3. The van der Waals surface area contributed by atoms with Crippen LogP contribution < -0.4 is 4.90 Å². The fourth-order valence-electron chi connectivity index (χ4n) is 13.1. The van der Waals surface area contributed by atoms with Crippen LogP contribution in [0.3, 0.4) is 0 Å². The first-order chi connectivity index (χ1) is 34.7. The summed E-state index contributed by atoms with van der Waals surface area (Å²) in [5, 5.41) is 2.26. The molecule has 0 N–H and O–H groups in total. The normalized spacial score (nSPS) is 13.9.